The normalized spacial score (nSPS) is 59.0. The number of hydrogen-bond acceptors (Lipinski definition) is 19. The maximum absolute atomic E-state index is 14.5. The van der Waals surface area contributed by atoms with Gasteiger partial charge < -0.3 is 86.4 Å². The van der Waals surface area contributed by atoms with Crippen molar-refractivity contribution in [3.63, 3.8) is 0 Å². The third-order valence-corrected chi connectivity index (χ3v) is 22.3. The van der Waals surface area contributed by atoms with Crippen molar-refractivity contribution in [2.75, 3.05) is 6.61 Å². The molecule has 0 aromatic rings. The molecule has 19 heteroatoms. The van der Waals surface area contributed by atoms with Crippen molar-refractivity contribution in [3.05, 3.63) is 24.3 Å². The van der Waals surface area contributed by atoms with Crippen LogP contribution >= 0.6 is 0 Å². The van der Waals surface area contributed by atoms with Crippen LogP contribution < -0.4 is 0 Å². The van der Waals surface area contributed by atoms with Gasteiger partial charge in [-0.1, -0.05) is 33.9 Å². The lowest BCUT2D eigenvalue weighted by Crippen LogP contribution is -2.63. The lowest BCUT2D eigenvalue weighted by molar-refractivity contribution is -0.347. The second kappa shape index (κ2) is 18.9. The molecule has 0 aromatic carbocycles. The van der Waals surface area contributed by atoms with Crippen LogP contribution in [0.4, 0.5) is 0 Å². The van der Waals surface area contributed by atoms with E-state index >= 15 is 0 Å². The van der Waals surface area contributed by atoms with Gasteiger partial charge in [-0.05, 0) is 73.8 Å². The smallest absolute Gasteiger partial charge is 0.308 e. The van der Waals surface area contributed by atoms with Gasteiger partial charge in [-0.2, -0.15) is 0 Å². The molecule has 17 saturated heterocycles. The van der Waals surface area contributed by atoms with Crippen molar-refractivity contribution >= 4 is 5.97 Å². The zero-order chi connectivity index (χ0) is 52.9. The molecular weight excluding hydrogens is 1010 g/mol. The Hall–Kier alpha value is -1.73. The number of rotatable bonds is 4. The molecular formula is C59H82O19. The molecule has 3 spiro atoms. The van der Waals surface area contributed by atoms with E-state index in [-0.39, 0.29) is 146 Å². The second-order valence-electron chi connectivity index (χ2n) is 27.5. The Kier molecular flexibility index (Phi) is 12.6. The fourth-order valence-electron chi connectivity index (χ4n) is 19.0. The first-order valence-electron chi connectivity index (χ1n) is 30.4. The predicted molar refractivity (Wildman–Crippen MR) is 267 cm³/mol. The fraction of sp³-hybridized carbons (Fsp3) is 0.915. The summed E-state index contributed by atoms with van der Waals surface area (Å²) in [5, 5.41) is 30.4. The van der Waals surface area contributed by atoms with Crippen LogP contribution in [0, 0.1) is 29.6 Å². The SMILES string of the molecule is C=C1C[C@@H]2CC3C4CC(CCC1O2)OC(C[C@@H]1O[C@@H]2CC5O[C@]6(CC5OC2C(C)C1OC(=O)CC1CC[C@@H]2O[C@@H]5C7OC8C[C@]3(O[C@H]7C2O1)O[C@@H]85)C[C@@H]1O[C@]2(CC(C)[C@@H]3O[C@H](C(O)CC(O)CO)C[C@@H]3O2)CC(C)[C@@H]1O6)C4=C. The lowest BCUT2D eigenvalue weighted by atomic mass is 9.69. The molecule has 0 aromatic heterocycles. The van der Waals surface area contributed by atoms with Crippen LogP contribution in [0.5, 0.6) is 0 Å². The van der Waals surface area contributed by atoms with Crippen LogP contribution in [-0.4, -0.2) is 198 Å². The molecule has 33 atom stereocenters. The highest BCUT2D eigenvalue weighted by molar-refractivity contribution is 5.70. The van der Waals surface area contributed by atoms with E-state index in [1.807, 2.05) is 0 Å². The Morgan fingerprint density at radius 1 is 0.526 bits per heavy atom. The topological polar surface area (TPSA) is 216 Å². The molecule has 17 fully saturated rings. The van der Waals surface area contributed by atoms with Crippen molar-refractivity contribution in [1.29, 1.82) is 0 Å². The van der Waals surface area contributed by atoms with Gasteiger partial charge in [0.25, 0.3) is 0 Å². The summed E-state index contributed by atoms with van der Waals surface area (Å²) in [5.74, 6) is -3.31. The average Bonchev–Trinajstić information content (AvgIpc) is 4.00. The van der Waals surface area contributed by atoms with Gasteiger partial charge in [0, 0.05) is 69.6 Å². The molecule has 78 heavy (non-hydrogen) atoms. The number of ether oxygens (including phenoxy) is 15. The van der Waals surface area contributed by atoms with Crippen molar-refractivity contribution in [3.8, 4) is 0 Å². The highest BCUT2D eigenvalue weighted by Crippen LogP contribution is 2.61. The third kappa shape index (κ3) is 8.29. The first-order valence-corrected chi connectivity index (χ1v) is 30.4. The van der Waals surface area contributed by atoms with E-state index in [1.165, 1.54) is 0 Å². The van der Waals surface area contributed by atoms with E-state index in [9.17, 15) is 20.1 Å². The first kappa shape index (κ1) is 51.9. The minimum Gasteiger partial charge on any atom is -0.459 e. The maximum Gasteiger partial charge on any atom is 0.308 e. The summed E-state index contributed by atoms with van der Waals surface area (Å²) >= 11 is 0. The molecule has 19 nitrogen and oxygen atoms in total. The maximum atomic E-state index is 14.5. The fourth-order valence-corrected chi connectivity index (χ4v) is 19.0. The molecule has 0 aliphatic carbocycles. The highest BCUT2D eigenvalue weighted by atomic mass is 16.8. The van der Waals surface area contributed by atoms with Crippen LogP contribution in [0.15, 0.2) is 24.3 Å². The summed E-state index contributed by atoms with van der Waals surface area (Å²) in [7, 11) is 0. The number of esters is 1. The number of carbonyl (C=O) groups excluding carboxylic acids is 1. The van der Waals surface area contributed by atoms with Gasteiger partial charge in [0.15, 0.2) is 17.4 Å². The van der Waals surface area contributed by atoms with Crippen molar-refractivity contribution in [2.45, 2.75) is 300 Å². The Labute approximate surface area is 456 Å². The zero-order valence-electron chi connectivity index (χ0n) is 45.3. The van der Waals surface area contributed by atoms with Gasteiger partial charge in [-0.25, -0.2) is 0 Å². The minimum absolute atomic E-state index is 0.0324. The molecule has 0 saturated carbocycles. The van der Waals surface area contributed by atoms with E-state index in [1.54, 1.807) is 0 Å². The number of hydrogen-bond donors (Lipinski definition) is 3. The van der Waals surface area contributed by atoms with Crippen LogP contribution in [0.3, 0.4) is 0 Å². The van der Waals surface area contributed by atoms with Gasteiger partial charge in [0.2, 0.25) is 0 Å². The van der Waals surface area contributed by atoms with Gasteiger partial charge >= 0.3 is 5.97 Å². The van der Waals surface area contributed by atoms with Crippen LogP contribution in [-0.2, 0) is 75.8 Å². The van der Waals surface area contributed by atoms with Crippen LogP contribution in [0.1, 0.15) is 130 Å². The van der Waals surface area contributed by atoms with E-state index in [0.29, 0.717) is 64.2 Å². The molecule has 432 valence electrons. The summed E-state index contributed by atoms with van der Waals surface area (Å²) in [4.78, 5) is 14.5. The molecule has 18 unspecified atom stereocenters. The van der Waals surface area contributed by atoms with Crippen LogP contribution in [0.25, 0.3) is 0 Å². The summed E-state index contributed by atoms with van der Waals surface area (Å²) in [6, 6.07) is 0. The van der Waals surface area contributed by atoms with E-state index in [4.69, 9.17) is 77.6 Å². The molecule has 0 radical (unpaired) electrons. The number of aliphatic hydroxyl groups excluding tert-OH is 3. The van der Waals surface area contributed by atoms with Crippen molar-refractivity contribution in [2.24, 2.45) is 29.6 Å². The predicted octanol–water partition coefficient (Wildman–Crippen LogP) is 4.15. The van der Waals surface area contributed by atoms with E-state index in [0.717, 1.165) is 43.3 Å². The average molecular weight is 1100 g/mol. The minimum atomic E-state index is -1.02. The summed E-state index contributed by atoms with van der Waals surface area (Å²) in [6.45, 7) is 15.5. The Bertz CT molecular complexity index is 2380. The molecule has 17 rings (SSSR count). The summed E-state index contributed by atoms with van der Waals surface area (Å²) < 4.78 is 105. The van der Waals surface area contributed by atoms with E-state index in [2.05, 4.69) is 27.4 Å². The van der Waals surface area contributed by atoms with E-state index < -0.39 is 78.9 Å². The molecule has 13 bridgehead atoms. The van der Waals surface area contributed by atoms with Crippen LogP contribution in [0.2, 0.25) is 0 Å². The number of aliphatic hydroxyl groups is 3. The standard InChI is InChI=1S/C59H82O19/c1-24-10-32-13-34-33-12-30(6-8-36(24)65-32)64-38(27(33)4)15-41-51(72-47(63)14-31-7-9-37-52(66-31)56-55-54(68-37)53-45(71-55)22-59(34,77-53)78-56)28(5)50-42(67-41)17-40-44(70-50)20-58(73-40)21-46-49(76-58)26(3)19-57(75-46)18-25(2)48-43(74-57)16-39(69-48)35(62)11-29(61)23-60/h25-26,28-46,48-56,60-62H,1,4,6-23H2,2-3,5H3/t25?,26?,28?,29?,30?,31?,32-,33?,34?,35?,36?,37+,38?,39+,40?,41+,42-,43+,44?,45?,46+,48+,49+,50?,51?,52?,53+,54+,55?,56+,57-,58+,59-/m1/s1. The van der Waals surface area contributed by atoms with Crippen molar-refractivity contribution in [1.82, 2.24) is 0 Å². The summed E-state index contributed by atoms with van der Waals surface area (Å²) in [6.07, 6.45) is 0.803. The largest absolute Gasteiger partial charge is 0.459 e. The molecule has 3 N–H and O–H groups in total. The molecule has 17 aliphatic rings. The Morgan fingerprint density at radius 2 is 1.24 bits per heavy atom. The Balaban J connectivity index is 0.662. The van der Waals surface area contributed by atoms with Gasteiger partial charge in [-0.3, -0.25) is 4.79 Å². The third-order valence-electron chi connectivity index (χ3n) is 22.3. The molecule has 17 heterocycles. The Morgan fingerprint density at radius 3 is 2.10 bits per heavy atom. The monoisotopic (exact) mass is 1090 g/mol. The lowest BCUT2D eigenvalue weighted by Gasteiger charge is -2.52. The number of fused-ring (bicyclic) bond motifs is 10. The van der Waals surface area contributed by atoms with Gasteiger partial charge in [0.05, 0.1) is 129 Å². The van der Waals surface area contributed by atoms with Crippen molar-refractivity contribution < 1.29 is 91.2 Å². The molecule has 0 amide bonds. The van der Waals surface area contributed by atoms with Gasteiger partial charge in [-0.15, -0.1) is 0 Å². The highest BCUT2D eigenvalue weighted by Gasteiger charge is 2.72. The zero-order valence-corrected chi connectivity index (χ0v) is 45.3. The van der Waals surface area contributed by atoms with Gasteiger partial charge in [0.1, 0.15) is 36.6 Å². The molecule has 17 aliphatic heterocycles. The quantitative estimate of drug-likeness (QED) is 0.266. The second-order valence-corrected chi connectivity index (χ2v) is 27.5. The number of carbonyl (C=O) groups is 1. The summed E-state index contributed by atoms with van der Waals surface area (Å²) in [5.41, 5.74) is 2.12. The first-order chi connectivity index (χ1) is 37.6.